The van der Waals surface area contributed by atoms with Gasteiger partial charge in [-0.15, -0.1) is 0 Å². The second kappa shape index (κ2) is 20.2. The summed E-state index contributed by atoms with van der Waals surface area (Å²) < 4.78 is 33.0. The first-order valence-corrected chi connectivity index (χ1v) is 31.7. The van der Waals surface area contributed by atoms with Crippen LogP contribution in [0.1, 0.15) is 27.7 Å². The third-order valence-electron chi connectivity index (χ3n) is 6.95. The molecule has 24 heteroatoms. The number of rotatable bonds is 10. The van der Waals surface area contributed by atoms with Crippen LogP contribution >= 0.6 is 65.5 Å². The maximum atomic E-state index is 5.72. The summed E-state index contributed by atoms with van der Waals surface area (Å²) in [5.41, 5.74) is 0. The molecule has 0 aromatic heterocycles. The Labute approximate surface area is 306 Å². The predicted molar refractivity (Wildman–Crippen MR) is 187 cm³/mol. The van der Waals surface area contributed by atoms with E-state index in [9.17, 15) is 0 Å². The van der Waals surface area contributed by atoms with Crippen molar-refractivity contribution in [2.24, 2.45) is 9.03 Å². The quantitative estimate of drug-likeness (QED) is 0.166. The topological polar surface area (TPSA) is 81.1 Å². The second-order valence-electron chi connectivity index (χ2n) is 10.8. The molecule has 8 aliphatic heterocycles. The van der Waals surface area contributed by atoms with Gasteiger partial charge in [-0.2, -0.15) is 0 Å². The van der Waals surface area contributed by atoms with E-state index in [0.29, 0.717) is 26.4 Å². The molecular weight excluding hydrogens is 959 g/mol. The average Bonchev–Trinajstić information content (AvgIpc) is 2.88. The van der Waals surface area contributed by atoms with Crippen LogP contribution in [0.4, 0.5) is 0 Å². The minimum atomic E-state index is -2.44. The van der Waals surface area contributed by atoms with Crippen molar-refractivity contribution in [3.05, 3.63) is 0 Å². The van der Waals surface area contributed by atoms with E-state index in [1.807, 2.05) is 27.7 Å². The van der Waals surface area contributed by atoms with E-state index in [4.69, 9.17) is 88.9 Å². The molecule has 0 radical (unpaired) electrons. The van der Waals surface area contributed by atoms with Crippen LogP contribution in [0.25, 0.3) is 0 Å². The number of nitrogens with zero attached hydrogens (tertiary/aromatic N) is 8. The van der Waals surface area contributed by atoms with E-state index in [0.717, 1.165) is 77.7 Å². The number of halogens is 4. The molecule has 8 heterocycles. The van der Waals surface area contributed by atoms with Gasteiger partial charge in [0, 0.05) is 51.8 Å². The van der Waals surface area contributed by atoms with E-state index < -0.39 is 27.4 Å². The number of hydrogen-bond donors (Lipinski definition) is 0. The van der Waals surface area contributed by atoms with Crippen molar-refractivity contribution in [2.75, 3.05) is 104 Å². The van der Waals surface area contributed by atoms with Crippen LogP contribution in [0.15, 0.2) is 9.03 Å². The summed E-state index contributed by atoms with van der Waals surface area (Å²) in [6.45, 7) is 11.8. The molecule has 0 amide bonds. The molecule has 8 aliphatic rings. The van der Waals surface area contributed by atoms with Crippen molar-refractivity contribution in [3.63, 3.8) is 0 Å². The molecule has 12 nitrogen and oxygen atoms in total. The Morgan fingerprint density at radius 3 is 0.864 bits per heavy atom. The van der Waals surface area contributed by atoms with Crippen LogP contribution in [0.2, 0.25) is 0 Å². The maximum absolute atomic E-state index is 5.72. The minimum absolute atomic E-state index is 0.106. The van der Waals surface area contributed by atoms with Crippen molar-refractivity contribution in [3.8, 4) is 0 Å². The van der Waals surface area contributed by atoms with E-state index in [1.54, 1.807) is 0 Å². The van der Waals surface area contributed by atoms with Crippen LogP contribution < -0.4 is 0 Å². The molecule has 0 saturated carbocycles. The van der Waals surface area contributed by atoms with Crippen LogP contribution in [0.3, 0.4) is 0 Å². The van der Waals surface area contributed by atoms with Crippen molar-refractivity contribution >= 4 is 89.1 Å². The normalized spacial score (nSPS) is 36.1. The van der Waals surface area contributed by atoms with Crippen molar-refractivity contribution in [1.29, 1.82) is 0 Å². The first-order chi connectivity index (χ1) is 21.0. The molecular formula is C20H44Cl4N8O4P4Pd2S2. The fourth-order valence-electron chi connectivity index (χ4n) is 6.47. The molecule has 0 atom stereocenters. The van der Waals surface area contributed by atoms with Crippen molar-refractivity contribution in [2.45, 2.75) is 27.7 Å². The summed E-state index contributed by atoms with van der Waals surface area (Å²) in [5, 5.41) is 0. The Hall–Kier alpha value is 3.84. The molecule has 0 unspecified atom stereocenters. The van der Waals surface area contributed by atoms with Crippen molar-refractivity contribution < 1.29 is 50.0 Å². The summed E-state index contributed by atoms with van der Waals surface area (Å²) in [7, 11) is 16.4. The van der Waals surface area contributed by atoms with Crippen molar-refractivity contribution in [1.82, 2.24) is 29.4 Å². The molecule has 0 spiro atoms. The third kappa shape index (κ3) is 12.5. The van der Waals surface area contributed by atoms with E-state index in [-0.39, 0.29) is 31.9 Å². The molecule has 0 N–H and O–H groups in total. The van der Waals surface area contributed by atoms with Crippen LogP contribution in [0, 0.1) is 0 Å². The van der Waals surface area contributed by atoms with Crippen LogP contribution in [-0.4, -0.2) is 134 Å². The summed E-state index contributed by atoms with van der Waals surface area (Å²) in [6.07, 6.45) is 6.57. The van der Waals surface area contributed by atoms with Gasteiger partial charge in [-0.05, 0) is 51.3 Å². The van der Waals surface area contributed by atoms with Gasteiger partial charge in [0.2, 0.25) is 0 Å². The molecule has 8 fully saturated rings. The zero-order valence-corrected chi connectivity index (χ0v) is 36.6. The summed E-state index contributed by atoms with van der Waals surface area (Å²) in [6, 6.07) is 0. The Kier molecular flexibility index (Phi) is 19.4. The zero-order chi connectivity index (χ0) is 32.4. The van der Waals surface area contributed by atoms with E-state index in [2.05, 4.69) is 29.4 Å². The molecule has 8 rings (SSSR count). The van der Waals surface area contributed by atoms with Gasteiger partial charge in [-0.1, -0.05) is 0 Å². The average molecular weight is 1000 g/mol. The monoisotopic (exact) mass is 1000 g/mol. The standard InChI is InChI=1S/2C10H22N4O2P2S.4ClH.2Pd/c2*1-3-15-18(19,16-4-2)11-17-8-12-5-13(9-17)7-14(6-12)10-17;;;;;;/h2*3-10H2,1-2H3;4*1H;;/q;;;;;;2*+2/p-4. The van der Waals surface area contributed by atoms with Gasteiger partial charge < -0.3 is 18.1 Å². The van der Waals surface area contributed by atoms with Gasteiger partial charge in [-0.25, -0.2) is 9.03 Å². The van der Waals surface area contributed by atoms with Crippen LogP contribution in [-0.2, 0) is 73.6 Å². The Balaban J connectivity index is 0.000000204. The molecule has 0 aromatic carbocycles. The van der Waals surface area contributed by atoms with Gasteiger partial charge in [0.05, 0.1) is 66.4 Å². The Morgan fingerprint density at radius 2 is 0.705 bits per heavy atom. The SMILES string of the molecule is CCOP(=S)(N=P12CN3CN(CN(C3)C1)C2)OCC.CCOP(=S)(N=P12CN3CN(CN(C3)C1)C2)OCC.[Cl][Pd][Cl].[Cl][Pd][Cl]. The van der Waals surface area contributed by atoms with Gasteiger partial charge in [0.25, 0.3) is 0 Å². The van der Waals surface area contributed by atoms with Gasteiger partial charge in [0.15, 0.2) is 0 Å². The summed E-state index contributed by atoms with van der Waals surface area (Å²) >= 11 is 11.0. The molecule has 268 valence electrons. The van der Waals surface area contributed by atoms with Gasteiger partial charge >= 0.3 is 83.3 Å². The Bertz CT molecular complexity index is 956. The number of hydrogen-bond acceptors (Lipinski definition) is 12. The second-order valence-corrected chi connectivity index (χ2v) is 28.7. The molecule has 0 aliphatic carbocycles. The Morgan fingerprint density at radius 1 is 0.523 bits per heavy atom. The summed E-state index contributed by atoms with van der Waals surface area (Å²) in [4.78, 5) is 14.9. The molecule has 8 saturated heterocycles. The fourth-order valence-corrected chi connectivity index (χ4v) is 24.0. The van der Waals surface area contributed by atoms with Gasteiger partial charge in [0.1, 0.15) is 0 Å². The third-order valence-corrected chi connectivity index (χ3v) is 22.2. The predicted octanol–water partition coefficient (Wildman–Crippen LogP) is 7.11. The van der Waals surface area contributed by atoms with E-state index in [1.165, 1.54) is 0 Å². The molecule has 44 heavy (non-hydrogen) atoms. The fraction of sp³-hybridized carbons (Fsp3) is 1.00. The zero-order valence-electron chi connectivity index (χ0n) is 25.3. The van der Waals surface area contributed by atoms with E-state index >= 15 is 0 Å². The summed E-state index contributed by atoms with van der Waals surface area (Å²) in [5.74, 6) is 0. The first kappa shape index (κ1) is 42.3. The van der Waals surface area contributed by atoms with Crippen LogP contribution in [0.5, 0.6) is 0 Å². The van der Waals surface area contributed by atoms with Gasteiger partial charge in [-0.3, -0.25) is 29.4 Å². The molecule has 8 bridgehead atoms. The first-order valence-electron chi connectivity index (χ1n) is 13.9. The molecule has 0 aromatic rings.